The average molecular weight is 499 g/mol. The van der Waals surface area contributed by atoms with Crippen LogP contribution in [0.1, 0.15) is 24.8 Å². The van der Waals surface area contributed by atoms with Gasteiger partial charge in [0, 0.05) is 31.2 Å². The van der Waals surface area contributed by atoms with Crippen LogP contribution in [0.4, 0.5) is 4.39 Å². The lowest BCUT2D eigenvalue weighted by Gasteiger charge is -2.26. The summed E-state index contributed by atoms with van der Waals surface area (Å²) in [7, 11) is 1.75. The second kappa shape index (κ2) is 11.2. The van der Waals surface area contributed by atoms with Crippen molar-refractivity contribution in [3.63, 3.8) is 0 Å². The first-order valence-corrected chi connectivity index (χ1v) is 8.59. The molecule has 1 aliphatic rings. The minimum Gasteiger partial charge on any atom is -0.355 e. The topological polar surface area (TPSA) is 39.7 Å². The zero-order valence-electron chi connectivity index (χ0n) is 13.4. The SMILES string of the molecule is CN=C(NCCN1CCCCC1)NCc1cc(F)ccc1Br.I. The largest absolute Gasteiger partial charge is 0.355 e. The van der Waals surface area contributed by atoms with Crippen molar-refractivity contribution >= 4 is 45.9 Å². The van der Waals surface area contributed by atoms with Crippen LogP contribution in [0, 0.1) is 5.82 Å². The van der Waals surface area contributed by atoms with Gasteiger partial charge in [-0.1, -0.05) is 22.4 Å². The molecule has 1 heterocycles. The van der Waals surface area contributed by atoms with Crippen LogP contribution < -0.4 is 10.6 Å². The molecule has 1 saturated heterocycles. The second-order valence-electron chi connectivity index (χ2n) is 5.49. The van der Waals surface area contributed by atoms with E-state index in [2.05, 4.69) is 36.5 Å². The molecule has 2 N–H and O–H groups in total. The van der Waals surface area contributed by atoms with Crippen LogP contribution in [0.2, 0.25) is 0 Å². The highest BCUT2D eigenvalue weighted by Gasteiger charge is 2.09. The molecule has 23 heavy (non-hydrogen) atoms. The van der Waals surface area contributed by atoms with Gasteiger partial charge in [0.15, 0.2) is 5.96 Å². The van der Waals surface area contributed by atoms with Gasteiger partial charge < -0.3 is 15.5 Å². The summed E-state index contributed by atoms with van der Waals surface area (Å²) in [5.74, 6) is 0.515. The maximum Gasteiger partial charge on any atom is 0.191 e. The number of nitrogens with zero attached hydrogens (tertiary/aromatic N) is 2. The van der Waals surface area contributed by atoms with Crippen LogP contribution in [-0.4, -0.2) is 44.1 Å². The van der Waals surface area contributed by atoms with Crippen LogP contribution in [0.3, 0.4) is 0 Å². The molecule has 0 saturated carbocycles. The molecule has 0 unspecified atom stereocenters. The number of nitrogens with one attached hydrogen (secondary N) is 2. The van der Waals surface area contributed by atoms with E-state index in [9.17, 15) is 4.39 Å². The van der Waals surface area contributed by atoms with E-state index in [1.165, 1.54) is 44.5 Å². The van der Waals surface area contributed by atoms with Gasteiger partial charge in [-0.05, 0) is 49.7 Å². The van der Waals surface area contributed by atoms with Gasteiger partial charge in [-0.3, -0.25) is 4.99 Å². The number of piperidine rings is 1. The predicted molar refractivity (Wildman–Crippen MR) is 108 cm³/mol. The van der Waals surface area contributed by atoms with Crippen molar-refractivity contribution < 1.29 is 4.39 Å². The van der Waals surface area contributed by atoms with E-state index in [1.54, 1.807) is 13.1 Å². The highest BCUT2D eigenvalue weighted by molar-refractivity contribution is 14.0. The molecule has 2 rings (SSSR count). The quantitative estimate of drug-likeness (QED) is 0.371. The molecule has 0 aromatic heterocycles. The van der Waals surface area contributed by atoms with E-state index in [4.69, 9.17) is 0 Å². The van der Waals surface area contributed by atoms with Crippen molar-refractivity contribution in [2.75, 3.05) is 33.2 Å². The summed E-state index contributed by atoms with van der Waals surface area (Å²) in [6.45, 7) is 4.82. The lowest BCUT2D eigenvalue weighted by Crippen LogP contribution is -2.42. The number of benzene rings is 1. The maximum absolute atomic E-state index is 13.3. The lowest BCUT2D eigenvalue weighted by atomic mass is 10.1. The Hall–Kier alpha value is -0.410. The van der Waals surface area contributed by atoms with Crippen molar-refractivity contribution in [2.45, 2.75) is 25.8 Å². The van der Waals surface area contributed by atoms with E-state index in [1.807, 2.05) is 0 Å². The third kappa shape index (κ3) is 7.34. The zero-order chi connectivity index (χ0) is 15.8. The third-order valence-electron chi connectivity index (χ3n) is 3.85. The molecule has 0 atom stereocenters. The first kappa shape index (κ1) is 20.6. The van der Waals surface area contributed by atoms with Gasteiger partial charge in [-0.15, -0.1) is 24.0 Å². The van der Waals surface area contributed by atoms with Gasteiger partial charge in [-0.25, -0.2) is 4.39 Å². The number of likely N-dealkylation sites (tertiary alicyclic amines) is 1. The van der Waals surface area contributed by atoms with Crippen molar-refractivity contribution in [1.82, 2.24) is 15.5 Å². The van der Waals surface area contributed by atoms with E-state index in [-0.39, 0.29) is 29.8 Å². The van der Waals surface area contributed by atoms with E-state index in [0.717, 1.165) is 29.1 Å². The van der Waals surface area contributed by atoms with Crippen LogP contribution in [0.5, 0.6) is 0 Å². The summed E-state index contributed by atoms with van der Waals surface area (Å²) in [5, 5.41) is 6.52. The molecule has 1 aliphatic heterocycles. The maximum atomic E-state index is 13.3. The summed E-state index contributed by atoms with van der Waals surface area (Å²) in [5.41, 5.74) is 0.874. The van der Waals surface area contributed by atoms with E-state index in [0.29, 0.717) is 6.54 Å². The summed E-state index contributed by atoms with van der Waals surface area (Å²) in [4.78, 5) is 6.68. The van der Waals surface area contributed by atoms with Crippen LogP contribution in [0.25, 0.3) is 0 Å². The Labute approximate surface area is 163 Å². The average Bonchev–Trinajstić information content (AvgIpc) is 2.54. The summed E-state index contributed by atoms with van der Waals surface area (Å²) in [6, 6.07) is 4.69. The minimum absolute atomic E-state index is 0. The molecular weight excluding hydrogens is 474 g/mol. The van der Waals surface area contributed by atoms with Crippen LogP contribution in [-0.2, 0) is 6.54 Å². The summed E-state index contributed by atoms with van der Waals surface area (Å²) < 4.78 is 14.2. The standard InChI is InChI=1S/C16H24BrFN4.HI/c1-19-16(20-7-10-22-8-3-2-4-9-22)21-12-13-11-14(18)5-6-15(13)17;/h5-6,11H,2-4,7-10,12H2,1H3,(H2,19,20,21);1H. The molecule has 7 heteroatoms. The highest BCUT2D eigenvalue weighted by Crippen LogP contribution is 2.17. The van der Waals surface area contributed by atoms with Crippen molar-refractivity contribution in [3.05, 3.63) is 34.1 Å². The molecule has 4 nitrogen and oxygen atoms in total. The van der Waals surface area contributed by atoms with Crippen molar-refractivity contribution in [2.24, 2.45) is 4.99 Å². The Morgan fingerprint density at radius 1 is 1.26 bits per heavy atom. The fraction of sp³-hybridized carbons (Fsp3) is 0.562. The van der Waals surface area contributed by atoms with Crippen LogP contribution >= 0.6 is 39.9 Å². The van der Waals surface area contributed by atoms with Gasteiger partial charge in [0.25, 0.3) is 0 Å². The lowest BCUT2D eigenvalue weighted by molar-refractivity contribution is 0.232. The summed E-state index contributed by atoms with van der Waals surface area (Å²) in [6.07, 6.45) is 3.97. The minimum atomic E-state index is -0.229. The van der Waals surface area contributed by atoms with Gasteiger partial charge in [-0.2, -0.15) is 0 Å². The molecule has 130 valence electrons. The number of aliphatic imine (C=N–C) groups is 1. The van der Waals surface area contributed by atoms with Crippen LogP contribution in [0.15, 0.2) is 27.7 Å². The Balaban J connectivity index is 0.00000264. The molecule has 0 amide bonds. The molecule has 0 bridgehead atoms. The fourth-order valence-corrected chi connectivity index (χ4v) is 2.98. The molecule has 1 fully saturated rings. The Morgan fingerprint density at radius 3 is 2.70 bits per heavy atom. The Kier molecular flexibility index (Phi) is 10.0. The molecule has 0 radical (unpaired) electrons. The number of hydrogen-bond donors (Lipinski definition) is 2. The van der Waals surface area contributed by atoms with Gasteiger partial charge >= 0.3 is 0 Å². The molecule has 0 aliphatic carbocycles. The van der Waals surface area contributed by atoms with E-state index < -0.39 is 0 Å². The normalized spacial score (nSPS) is 15.9. The zero-order valence-corrected chi connectivity index (χ0v) is 17.4. The van der Waals surface area contributed by atoms with Gasteiger partial charge in [0.05, 0.1) is 0 Å². The third-order valence-corrected chi connectivity index (χ3v) is 4.62. The van der Waals surface area contributed by atoms with Gasteiger partial charge in [0.1, 0.15) is 5.82 Å². The smallest absolute Gasteiger partial charge is 0.191 e. The monoisotopic (exact) mass is 498 g/mol. The number of guanidine groups is 1. The number of hydrogen-bond acceptors (Lipinski definition) is 2. The molecule has 1 aromatic rings. The predicted octanol–water partition coefficient (Wildman–Crippen LogP) is 3.36. The molecule has 0 spiro atoms. The second-order valence-corrected chi connectivity index (χ2v) is 6.34. The fourth-order valence-electron chi connectivity index (χ4n) is 2.59. The van der Waals surface area contributed by atoms with Crippen molar-refractivity contribution in [1.29, 1.82) is 0 Å². The van der Waals surface area contributed by atoms with Crippen molar-refractivity contribution in [3.8, 4) is 0 Å². The van der Waals surface area contributed by atoms with Gasteiger partial charge in [0.2, 0.25) is 0 Å². The molecule has 1 aromatic carbocycles. The highest BCUT2D eigenvalue weighted by atomic mass is 127. The first-order chi connectivity index (χ1) is 10.7. The Bertz CT molecular complexity index is 507. The molecular formula is C16H25BrFIN4. The summed E-state index contributed by atoms with van der Waals surface area (Å²) >= 11 is 3.43. The Morgan fingerprint density at radius 2 is 2.00 bits per heavy atom. The number of halogens is 3. The van der Waals surface area contributed by atoms with E-state index >= 15 is 0 Å². The number of rotatable bonds is 5. The first-order valence-electron chi connectivity index (χ1n) is 7.80.